The molecular weight excluding hydrogens is 352 g/mol. The van der Waals surface area contributed by atoms with Gasteiger partial charge in [0.2, 0.25) is 0 Å². The number of nitrogens with one attached hydrogen (secondary N) is 2. The van der Waals surface area contributed by atoms with E-state index in [0.29, 0.717) is 5.41 Å². The van der Waals surface area contributed by atoms with Gasteiger partial charge in [-0.2, -0.15) is 0 Å². The summed E-state index contributed by atoms with van der Waals surface area (Å²) in [6, 6.07) is 0. The van der Waals surface area contributed by atoms with E-state index in [1.807, 2.05) is 7.05 Å². The molecule has 0 atom stereocenters. The van der Waals surface area contributed by atoms with Gasteiger partial charge in [0.05, 0.1) is 0 Å². The second kappa shape index (κ2) is 10.8. The second-order valence-corrected chi connectivity index (χ2v) is 8.96. The van der Waals surface area contributed by atoms with Crippen molar-refractivity contribution in [3.63, 3.8) is 0 Å². The quantitative estimate of drug-likeness (QED) is 0.358. The molecule has 2 aliphatic heterocycles. The Hall–Kier alpha value is -0.850. The molecule has 3 aliphatic rings. The summed E-state index contributed by atoms with van der Waals surface area (Å²) in [5, 5.41) is 7.34. The Morgan fingerprint density at radius 3 is 2.32 bits per heavy atom. The molecule has 6 heteroatoms. The minimum atomic E-state index is 0.229. The zero-order valence-corrected chi connectivity index (χ0v) is 18.2. The van der Waals surface area contributed by atoms with Crippen molar-refractivity contribution in [3.8, 4) is 0 Å². The molecule has 162 valence electrons. The normalized spacial score (nSPS) is 25.1. The Labute approximate surface area is 171 Å². The molecule has 28 heavy (non-hydrogen) atoms. The van der Waals surface area contributed by atoms with Crippen LogP contribution in [0.2, 0.25) is 0 Å². The number of hydrogen-bond donors (Lipinski definition) is 2. The van der Waals surface area contributed by atoms with Crippen LogP contribution in [0.25, 0.3) is 0 Å². The topological polar surface area (TPSA) is 58.1 Å². The van der Waals surface area contributed by atoms with E-state index in [-0.39, 0.29) is 5.54 Å². The van der Waals surface area contributed by atoms with Crippen molar-refractivity contribution in [2.24, 2.45) is 10.4 Å². The maximum absolute atomic E-state index is 5.68. The number of guanidine groups is 1. The van der Waals surface area contributed by atoms with Crippen molar-refractivity contribution < 1.29 is 9.47 Å². The molecule has 0 bridgehead atoms. The van der Waals surface area contributed by atoms with Crippen LogP contribution in [0.4, 0.5) is 0 Å². The summed E-state index contributed by atoms with van der Waals surface area (Å²) >= 11 is 0. The van der Waals surface area contributed by atoms with E-state index >= 15 is 0 Å². The van der Waals surface area contributed by atoms with Gasteiger partial charge >= 0.3 is 0 Å². The van der Waals surface area contributed by atoms with Crippen LogP contribution in [0.3, 0.4) is 0 Å². The molecule has 0 unspecified atom stereocenters. The molecule has 6 nitrogen and oxygen atoms in total. The number of likely N-dealkylation sites (tertiary alicyclic amines) is 1. The first-order valence-electron chi connectivity index (χ1n) is 11.6. The number of rotatable bonds is 9. The average molecular weight is 395 g/mol. The lowest BCUT2D eigenvalue weighted by Gasteiger charge is -2.45. The minimum absolute atomic E-state index is 0.229. The van der Waals surface area contributed by atoms with E-state index in [9.17, 15) is 0 Å². The van der Waals surface area contributed by atoms with Crippen LogP contribution in [-0.2, 0) is 9.47 Å². The number of hydrogen-bond acceptors (Lipinski definition) is 4. The first kappa shape index (κ1) is 21.8. The van der Waals surface area contributed by atoms with Crippen LogP contribution < -0.4 is 10.6 Å². The third-order valence-electron chi connectivity index (χ3n) is 7.28. The van der Waals surface area contributed by atoms with Crippen LogP contribution in [0, 0.1) is 5.41 Å². The van der Waals surface area contributed by atoms with Crippen LogP contribution in [0.15, 0.2) is 4.99 Å². The smallest absolute Gasteiger partial charge is 0.191 e. The minimum Gasteiger partial charge on any atom is -0.382 e. The fourth-order valence-corrected chi connectivity index (χ4v) is 5.36. The summed E-state index contributed by atoms with van der Waals surface area (Å²) < 4.78 is 11.3. The van der Waals surface area contributed by atoms with Gasteiger partial charge in [0.15, 0.2) is 5.96 Å². The monoisotopic (exact) mass is 394 g/mol. The highest BCUT2D eigenvalue weighted by molar-refractivity contribution is 5.79. The Kier molecular flexibility index (Phi) is 8.42. The highest BCUT2D eigenvalue weighted by atomic mass is 16.5. The van der Waals surface area contributed by atoms with Gasteiger partial charge in [0, 0.05) is 52.1 Å². The van der Waals surface area contributed by atoms with Crippen LogP contribution in [-0.4, -0.2) is 76.1 Å². The van der Waals surface area contributed by atoms with E-state index in [1.165, 1.54) is 51.6 Å². The van der Waals surface area contributed by atoms with Crippen molar-refractivity contribution in [3.05, 3.63) is 0 Å². The van der Waals surface area contributed by atoms with E-state index < -0.39 is 0 Å². The number of ether oxygens (including phenoxy) is 2. The van der Waals surface area contributed by atoms with Gasteiger partial charge in [-0.3, -0.25) is 9.89 Å². The standard InChI is InChI=1S/C22H42N4O2/c1-3-27-15-10-21(8-4-5-9-21)18-24-20(23-2)25-19-22(11-16-28-17-12-22)26-13-6-7-14-26/h3-19H2,1-2H3,(H2,23,24,25). The molecule has 2 heterocycles. The number of nitrogens with zero attached hydrogens (tertiary/aromatic N) is 2. The molecule has 0 spiro atoms. The van der Waals surface area contributed by atoms with Gasteiger partial charge in [-0.05, 0) is 70.4 Å². The molecule has 0 aromatic rings. The molecule has 0 aromatic carbocycles. The third kappa shape index (κ3) is 5.61. The summed E-state index contributed by atoms with van der Waals surface area (Å²) in [7, 11) is 1.89. The van der Waals surface area contributed by atoms with Crippen molar-refractivity contribution >= 4 is 5.96 Å². The second-order valence-electron chi connectivity index (χ2n) is 8.96. The zero-order valence-electron chi connectivity index (χ0n) is 18.2. The summed E-state index contributed by atoms with van der Waals surface area (Å²) in [6.07, 6.45) is 11.4. The Morgan fingerprint density at radius 2 is 1.68 bits per heavy atom. The molecule has 0 amide bonds. The number of aliphatic imine (C=N–C) groups is 1. The maximum Gasteiger partial charge on any atom is 0.191 e. The molecule has 2 saturated heterocycles. The molecule has 1 saturated carbocycles. The van der Waals surface area contributed by atoms with Crippen molar-refractivity contribution in [2.75, 3.05) is 59.7 Å². The lowest BCUT2D eigenvalue weighted by molar-refractivity contribution is -0.0164. The summed E-state index contributed by atoms with van der Waals surface area (Å²) in [5.74, 6) is 0.952. The SMILES string of the molecule is CCOCCC1(CNC(=NC)NCC2(N3CCCC3)CCOCC2)CCCC1. The van der Waals surface area contributed by atoms with Crippen molar-refractivity contribution in [2.45, 2.75) is 70.3 Å². The van der Waals surface area contributed by atoms with Gasteiger partial charge in [-0.25, -0.2) is 0 Å². The zero-order chi connectivity index (χ0) is 19.7. The van der Waals surface area contributed by atoms with Crippen LogP contribution >= 0.6 is 0 Å². The summed E-state index contributed by atoms with van der Waals surface area (Å²) in [6.45, 7) is 9.95. The lowest BCUT2D eigenvalue weighted by Crippen LogP contribution is -2.59. The first-order valence-corrected chi connectivity index (χ1v) is 11.6. The van der Waals surface area contributed by atoms with Crippen LogP contribution in [0.1, 0.15) is 64.7 Å². The summed E-state index contributed by atoms with van der Waals surface area (Å²) in [4.78, 5) is 7.24. The predicted molar refractivity (Wildman–Crippen MR) is 115 cm³/mol. The van der Waals surface area contributed by atoms with Gasteiger partial charge in [0.25, 0.3) is 0 Å². The van der Waals surface area contributed by atoms with Crippen molar-refractivity contribution in [1.82, 2.24) is 15.5 Å². The Bertz CT molecular complexity index is 479. The molecular formula is C22H42N4O2. The van der Waals surface area contributed by atoms with Gasteiger partial charge in [0.1, 0.15) is 0 Å². The van der Waals surface area contributed by atoms with E-state index in [2.05, 4.69) is 27.4 Å². The van der Waals surface area contributed by atoms with Gasteiger partial charge in [-0.1, -0.05) is 12.8 Å². The van der Waals surface area contributed by atoms with E-state index in [0.717, 1.165) is 64.7 Å². The first-order chi connectivity index (χ1) is 13.7. The summed E-state index contributed by atoms with van der Waals surface area (Å²) in [5.41, 5.74) is 0.602. The molecule has 3 fully saturated rings. The van der Waals surface area contributed by atoms with Crippen LogP contribution in [0.5, 0.6) is 0 Å². The predicted octanol–water partition coefficient (Wildman–Crippen LogP) is 2.78. The fourth-order valence-electron chi connectivity index (χ4n) is 5.36. The van der Waals surface area contributed by atoms with Crippen molar-refractivity contribution in [1.29, 1.82) is 0 Å². The van der Waals surface area contributed by atoms with E-state index in [4.69, 9.17) is 9.47 Å². The van der Waals surface area contributed by atoms with Gasteiger partial charge in [-0.15, -0.1) is 0 Å². The lowest BCUT2D eigenvalue weighted by atomic mass is 9.83. The largest absolute Gasteiger partial charge is 0.382 e. The maximum atomic E-state index is 5.68. The Morgan fingerprint density at radius 1 is 1.00 bits per heavy atom. The molecule has 0 aromatic heterocycles. The molecule has 2 N–H and O–H groups in total. The van der Waals surface area contributed by atoms with E-state index in [1.54, 1.807) is 0 Å². The highest BCUT2D eigenvalue weighted by Gasteiger charge is 2.40. The Balaban J connectivity index is 1.53. The third-order valence-corrected chi connectivity index (χ3v) is 7.28. The highest BCUT2D eigenvalue weighted by Crippen LogP contribution is 2.40. The molecule has 0 radical (unpaired) electrons. The van der Waals surface area contributed by atoms with Gasteiger partial charge < -0.3 is 20.1 Å². The molecule has 3 rings (SSSR count). The average Bonchev–Trinajstić information content (AvgIpc) is 3.42. The molecule has 1 aliphatic carbocycles. The fraction of sp³-hybridized carbons (Fsp3) is 0.955.